The number of carbonyl (C=O) groups is 1. The molecular weight excluding hydrogens is 280 g/mol. The molecule has 0 fully saturated rings. The Morgan fingerprint density at radius 2 is 1.95 bits per heavy atom. The van der Waals surface area contributed by atoms with Gasteiger partial charge in [-0.1, -0.05) is 6.07 Å². The lowest BCUT2D eigenvalue weighted by Gasteiger charge is -2.06. The largest absolute Gasteiger partial charge is 0.397 e. The number of pyridine rings is 1. The number of rotatable bonds is 3. The van der Waals surface area contributed by atoms with Crippen molar-refractivity contribution in [3.63, 3.8) is 0 Å². The maximum Gasteiger partial charge on any atom is 0.274 e. The summed E-state index contributed by atoms with van der Waals surface area (Å²) in [5.74, 6) is -0.475. The lowest BCUT2D eigenvalue weighted by molar-refractivity contribution is 0.102. The number of hydrogen-bond acceptors (Lipinski definition) is 5. The zero-order valence-corrected chi connectivity index (χ0v) is 11.1. The van der Waals surface area contributed by atoms with Gasteiger partial charge in [0.1, 0.15) is 5.69 Å². The van der Waals surface area contributed by atoms with Crippen molar-refractivity contribution in [1.29, 1.82) is 0 Å². The van der Waals surface area contributed by atoms with Gasteiger partial charge in [0.15, 0.2) is 0 Å². The molecule has 0 spiro atoms. The molecule has 1 aromatic carbocycles. The monoisotopic (exact) mass is 292 g/mol. The highest BCUT2D eigenvalue weighted by Crippen LogP contribution is 2.15. The van der Waals surface area contributed by atoms with E-state index in [4.69, 9.17) is 10.9 Å². The fourth-order valence-corrected chi connectivity index (χ4v) is 2.05. The average molecular weight is 292 g/mol. The van der Waals surface area contributed by atoms with Crippen molar-refractivity contribution in [3.05, 3.63) is 48.3 Å². The zero-order chi connectivity index (χ0) is 14.8. The minimum Gasteiger partial charge on any atom is -0.397 e. The van der Waals surface area contributed by atoms with Crippen LogP contribution in [0.2, 0.25) is 0 Å². The Bertz CT molecular complexity index is 742. The van der Waals surface area contributed by atoms with E-state index in [1.54, 1.807) is 12.1 Å². The molecule has 0 saturated heterocycles. The van der Waals surface area contributed by atoms with Crippen LogP contribution in [0.25, 0.3) is 0 Å². The predicted octanol–water partition coefficient (Wildman–Crippen LogP) is 0.563. The van der Waals surface area contributed by atoms with Crippen LogP contribution in [-0.2, 0) is 10.0 Å². The van der Waals surface area contributed by atoms with Gasteiger partial charge in [-0.3, -0.25) is 4.79 Å². The highest BCUT2D eigenvalue weighted by atomic mass is 32.2. The van der Waals surface area contributed by atoms with Gasteiger partial charge in [0.25, 0.3) is 5.91 Å². The van der Waals surface area contributed by atoms with Crippen molar-refractivity contribution in [2.75, 3.05) is 11.1 Å². The molecule has 20 heavy (non-hydrogen) atoms. The Morgan fingerprint density at radius 1 is 1.20 bits per heavy atom. The van der Waals surface area contributed by atoms with Crippen molar-refractivity contribution in [1.82, 2.24) is 4.98 Å². The number of nitrogens with zero attached hydrogens (tertiary/aromatic N) is 1. The number of nitrogens with two attached hydrogens (primary N) is 2. The summed E-state index contributed by atoms with van der Waals surface area (Å²) >= 11 is 0. The Morgan fingerprint density at radius 3 is 2.55 bits per heavy atom. The minimum absolute atomic E-state index is 0.0828. The molecule has 1 aromatic heterocycles. The van der Waals surface area contributed by atoms with E-state index < -0.39 is 15.9 Å². The van der Waals surface area contributed by atoms with Crippen molar-refractivity contribution >= 4 is 27.3 Å². The van der Waals surface area contributed by atoms with E-state index in [1.807, 2.05) is 0 Å². The lowest BCUT2D eigenvalue weighted by atomic mass is 10.3. The minimum atomic E-state index is -3.81. The van der Waals surface area contributed by atoms with Crippen molar-refractivity contribution in [3.8, 4) is 0 Å². The van der Waals surface area contributed by atoms with Gasteiger partial charge in [0, 0.05) is 5.69 Å². The third-order valence-electron chi connectivity index (χ3n) is 2.44. The first-order valence-electron chi connectivity index (χ1n) is 5.52. The summed E-state index contributed by atoms with van der Waals surface area (Å²) in [5, 5.41) is 7.55. The molecule has 0 atom stereocenters. The Hall–Kier alpha value is -2.45. The van der Waals surface area contributed by atoms with E-state index in [0.29, 0.717) is 11.4 Å². The van der Waals surface area contributed by atoms with Crippen LogP contribution in [0, 0.1) is 0 Å². The molecule has 0 bridgehead atoms. The summed E-state index contributed by atoms with van der Waals surface area (Å²) in [7, 11) is -3.81. The first kappa shape index (κ1) is 14.0. The molecule has 1 amide bonds. The Balaban J connectivity index is 2.22. The van der Waals surface area contributed by atoms with E-state index in [1.165, 1.54) is 30.5 Å². The number of anilines is 2. The number of benzene rings is 1. The van der Waals surface area contributed by atoms with E-state index in [9.17, 15) is 13.2 Å². The SMILES string of the molecule is Nc1ccc(C(=O)Nc2cccc(S(N)(=O)=O)c2)nc1. The van der Waals surface area contributed by atoms with Crippen LogP contribution in [0.5, 0.6) is 0 Å². The fraction of sp³-hybridized carbons (Fsp3) is 0. The maximum atomic E-state index is 11.9. The second-order valence-corrected chi connectivity index (χ2v) is 5.57. The molecule has 2 aromatic rings. The second kappa shape index (κ2) is 5.27. The quantitative estimate of drug-likeness (QED) is 0.761. The van der Waals surface area contributed by atoms with Gasteiger partial charge in [0.2, 0.25) is 10.0 Å². The van der Waals surface area contributed by atoms with Crippen molar-refractivity contribution < 1.29 is 13.2 Å². The van der Waals surface area contributed by atoms with Gasteiger partial charge in [-0.15, -0.1) is 0 Å². The van der Waals surface area contributed by atoms with E-state index in [2.05, 4.69) is 10.3 Å². The van der Waals surface area contributed by atoms with Gasteiger partial charge in [-0.25, -0.2) is 18.5 Å². The van der Waals surface area contributed by atoms with Crippen LogP contribution in [0.1, 0.15) is 10.5 Å². The lowest BCUT2D eigenvalue weighted by Crippen LogP contribution is -2.15. The predicted molar refractivity (Wildman–Crippen MR) is 74.4 cm³/mol. The number of amides is 1. The van der Waals surface area contributed by atoms with Crippen molar-refractivity contribution in [2.45, 2.75) is 4.90 Å². The highest BCUT2D eigenvalue weighted by molar-refractivity contribution is 7.89. The Kier molecular flexibility index (Phi) is 3.68. The van der Waals surface area contributed by atoms with Gasteiger partial charge in [-0.2, -0.15) is 0 Å². The number of carbonyl (C=O) groups excluding carboxylic acids is 1. The van der Waals surface area contributed by atoms with Crippen molar-refractivity contribution in [2.24, 2.45) is 5.14 Å². The number of nitrogen functional groups attached to an aromatic ring is 1. The number of primary sulfonamides is 1. The molecule has 0 radical (unpaired) electrons. The number of aromatic nitrogens is 1. The standard InChI is InChI=1S/C12H12N4O3S/c13-8-4-5-11(15-7-8)12(17)16-9-2-1-3-10(6-9)20(14,18)19/h1-7H,13H2,(H,16,17)(H2,14,18,19). The summed E-state index contributed by atoms with van der Waals surface area (Å²) in [4.78, 5) is 15.7. The highest BCUT2D eigenvalue weighted by Gasteiger charge is 2.11. The molecule has 7 nitrogen and oxygen atoms in total. The summed E-state index contributed by atoms with van der Waals surface area (Å²) in [6.07, 6.45) is 1.36. The number of hydrogen-bond donors (Lipinski definition) is 3. The van der Waals surface area contributed by atoms with Gasteiger partial charge >= 0.3 is 0 Å². The second-order valence-electron chi connectivity index (χ2n) is 4.00. The number of sulfonamides is 1. The Labute approximate surface area is 115 Å². The van der Waals surface area contributed by atoms with Gasteiger partial charge in [-0.05, 0) is 30.3 Å². The molecule has 0 saturated carbocycles. The molecule has 104 valence electrons. The fourth-order valence-electron chi connectivity index (χ4n) is 1.49. The summed E-state index contributed by atoms with van der Waals surface area (Å²) in [6.45, 7) is 0. The molecule has 8 heteroatoms. The smallest absolute Gasteiger partial charge is 0.274 e. The molecule has 2 rings (SSSR count). The molecule has 0 unspecified atom stereocenters. The number of nitrogens with one attached hydrogen (secondary N) is 1. The van der Waals surface area contributed by atoms with Gasteiger partial charge in [0.05, 0.1) is 16.8 Å². The first-order chi connectivity index (χ1) is 9.36. The van der Waals surface area contributed by atoms with E-state index >= 15 is 0 Å². The molecule has 0 aliphatic heterocycles. The van der Waals surface area contributed by atoms with E-state index in [0.717, 1.165) is 0 Å². The summed E-state index contributed by atoms with van der Waals surface area (Å²) in [6, 6.07) is 8.64. The zero-order valence-electron chi connectivity index (χ0n) is 10.3. The third-order valence-corrected chi connectivity index (χ3v) is 3.35. The maximum absolute atomic E-state index is 11.9. The van der Waals surface area contributed by atoms with E-state index in [-0.39, 0.29) is 10.6 Å². The first-order valence-corrected chi connectivity index (χ1v) is 7.06. The van der Waals surface area contributed by atoms with Crippen LogP contribution in [0.4, 0.5) is 11.4 Å². The molecular formula is C12H12N4O3S. The summed E-state index contributed by atoms with van der Waals surface area (Å²) in [5.41, 5.74) is 6.39. The van der Waals surface area contributed by atoms with Crippen LogP contribution in [0.15, 0.2) is 47.5 Å². The molecule has 5 N–H and O–H groups in total. The van der Waals surface area contributed by atoms with Crippen LogP contribution < -0.4 is 16.2 Å². The van der Waals surface area contributed by atoms with Crippen LogP contribution in [0.3, 0.4) is 0 Å². The third kappa shape index (κ3) is 3.31. The molecule has 1 heterocycles. The van der Waals surface area contributed by atoms with Gasteiger partial charge < -0.3 is 11.1 Å². The topological polar surface area (TPSA) is 128 Å². The average Bonchev–Trinajstić information content (AvgIpc) is 2.38. The van der Waals surface area contributed by atoms with Crippen LogP contribution >= 0.6 is 0 Å². The normalized spacial score (nSPS) is 11.1. The molecule has 0 aliphatic carbocycles. The summed E-state index contributed by atoms with van der Waals surface area (Å²) < 4.78 is 22.4. The van der Waals surface area contributed by atoms with Crippen LogP contribution in [-0.4, -0.2) is 19.3 Å². The molecule has 0 aliphatic rings.